The third-order valence-electron chi connectivity index (χ3n) is 7.88. The molecule has 2 fully saturated rings. The van der Waals surface area contributed by atoms with Crippen LogP contribution in [0.2, 0.25) is 0 Å². The average molecular weight is 473 g/mol. The molecule has 35 heavy (non-hydrogen) atoms. The van der Waals surface area contributed by atoms with Gasteiger partial charge in [-0.15, -0.1) is 0 Å². The van der Waals surface area contributed by atoms with Crippen LogP contribution in [0.25, 0.3) is 22.2 Å². The molecule has 0 aliphatic heterocycles. The molecule has 2 heterocycles. The molecule has 1 amide bonds. The zero-order valence-electron chi connectivity index (χ0n) is 19.6. The number of benzene rings is 2. The van der Waals surface area contributed by atoms with Gasteiger partial charge in [0.05, 0.1) is 17.4 Å². The van der Waals surface area contributed by atoms with Gasteiger partial charge < -0.3 is 9.88 Å². The summed E-state index contributed by atoms with van der Waals surface area (Å²) >= 11 is 0. The van der Waals surface area contributed by atoms with Crippen molar-refractivity contribution in [1.29, 1.82) is 0 Å². The first-order valence-electron chi connectivity index (χ1n) is 12.0. The average Bonchev–Trinajstić information content (AvgIpc) is 3.15. The Kier molecular flexibility index (Phi) is 5.16. The fourth-order valence-corrected chi connectivity index (χ4v) is 5.96. The Bertz CT molecular complexity index is 1400. The van der Waals surface area contributed by atoms with E-state index in [0.717, 1.165) is 41.4 Å². The number of halogens is 2. The first-order chi connectivity index (χ1) is 16.9. The lowest BCUT2D eigenvalue weighted by Gasteiger charge is -2.20. The van der Waals surface area contributed by atoms with Gasteiger partial charge in [-0.2, -0.15) is 0 Å². The number of anilines is 1. The lowest BCUT2D eigenvalue weighted by Crippen LogP contribution is -2.24. The second kappa shape index (κ2) is 8.26. The summed E-state index contributed by atoms with van der Waals surface area (Å²) in [7, 11) is 0. The van der Waals surface area contributed by atoms with E-state index in [1.165, 1.54) is 6.07 Å². The highest BCUT2D eigenvalue weighted by Gasteiger charge is 2.59. The standard InChI is InChI=1S/C28H26F2N4O/c1-15-3-4-18(13-31-15)17-5-7-19(8-6-17)33-28(35)16(2)27-21-9-20(10-22(21)27)34-14-32-25-11-23(29)24(30)12-26(25)34/h3-8,11-14,16,20-22,27H,9-10H2,1-2H3,(H,33,35)/t16-,20-,21-,22+,27+/m0/s1. The van der Waals surface area contributed by atoms with E-state index in [1.807, 2.05) is 61.0 Å². The van der Waals surface area contributed by atoms with Crippen LogP contribution < -0.4 is 5.32 Å². The number of rotatable bonds is 5. The molecule has 4 aromatic rings. The number of pyridine rings is 1. The van der Waals surface area contributed by atoms with Crippen LogP contribution in [0.15, 0.2) is 61.1 Å². The number of nitrogens with one attached hydrogen (secondary N) is 1. The van der Waals surface area contributed by atoms with E-state index >= 15 is 0 Å². The van der Waals surface area contributed by atoms with Crippen molar-refractivity contribution in [2.24, 2.45) is 23.7 Å². The van der Waals surface area contributed by atoms with E-state index in [0.29, 0.717) is 28.8 Å². The topological polar surface area (TPSA) is 59.8 Å². The number of nitrogens with zero attached hydrogens (tertiary/aromatic N) is 3. The Morgan fingerprint density at radius 2 is 1.69 bits per heavy atom. The lowest BCUT2D eigenvalue weighted by atomic mass is 9.96. The van der Waals surface area contributed by atoms with Crippen molar-refractivity contribution in [2.45, 2.75) is 32.7 Å². The molecule has 1 N–H and O–H groups in total. The highest BCUT2D eigenvalue weighted by Crippen LogP contribution is 2.64. The predicted molar refractivity (Wildman–Crippen MR) is 131 cm³/mol. The maximum atomic E-state index is 13.8. The summed E-state index contributed by atoms with van der Waals surface area (Å²) in [6.45, 7) is 3.96. The van der Waals surface area contributed by atoms with E-state index in [4.69, 9.17) is 0 Å². The number of hydrogen-bond donors (Lipinski definition) is 1. The van der Waals surface area contributed by atoms with E-state index in [-0.39, 0.29) is 17.9 Å². The molecule has 5 nitrogen and oxygen atoms in total. The van der Waals surface area contributed by atoms with Crippen LogP contribution >= 0.6 is 0 Å². The number of carbonyl (C=O) groups excluding carboxylic acids is 1. The van der Waals surface area contributed by atoms with Gasteiger partial charge >= 0.3 is 0 Å². The molecule has 178 valence electrons. The van der Waals surface area contributed by atoms with Crippen LogP contribution in [-0.2, 0) is 4.79 Å². The fourth-order valence-electron chi connectivity index (χ4n) is 5.96. The van der Waals surface area contributed by atoms with Gasteiger partial charge in [-0.3, -0.25) is 9.78 Å². The number of imidazole rings is 1. The number of amides is 1. The van der Waals surface area contributed by atoms with Crippen LogP contribution in [0, 0.1) is 42.2 Å². The Balaban J connectivity index is 1.08. The molecule has 6 rings (SSSR count). The molecule has 2 aromatic heterocycles. The highest BCUT2D eigenvalue weighted by atomic mass is 19.2. The Morgan fingerprint density at radius 1 is 1.00 bits per heavy atom. The number of hydrogen-bond acceptors (Lipinski definition) is 3. The van der Waals surface area contributed by atoms with Gasteiger partial charge in [0.1, 0.15) is 0 Å². The molecule has 0 radical (unpaired) electrons. The van der Waals surface area contributed by atoms with Gasteiger partial charge in [-0.25, -0.2) is 13.8 Å². The monoisotopic (exact) mass is 472 g/mol. The molecule has 2 aliphatic rings. The summed E-state index contributed by atoms with van der Waals surface area (Å²) in [5, 5.41) is 3.07. The molecule has 7 heteroatoms. The van der Waals surface area contributed by atoms with Crippen molar-refractivity contribution in [3.05, 3.63) is 78.4 Å². The molecule has 2 aliphatic carbocycles. The Hall–Kier alpha value is -3.61. The van der Waals surface area contributed by atoms with Crippen LogP contribution in [0.1, 0.15) is 31.5 Å². The first kappa shape index (κ1) is 21.9. The quantitative estimate of drug-likeness (QED) is 0.379. The molecule has 0 saturated heterocycles. The lowest BCUT2D eigenvalue weighted by molar-refractivity contribution is -0.120. The van der Waals surface area contributed by atoms with Gasteiger partial charge in [0.25, 0.3) is 0 Å². The maximum Gasteiger partial charge on any atom is 0.227 e. The number of carbonyl (C=O) groups is 1. The van der Waals surface area contributed by atoms with Gasteiger partial charge in [-0.1, -0.05) is 25.1 Å². The molecule has 2 saturated carbocycles. The van der Waals surface area contributed by atoms with Crippen LogP contribution in [0.4, 0.5) is 14.5 Å². The summed E-state index contributed by atoms with van der Waals surface area (Å²) in [6, 6.07) is 14.4. The van der Waals surface area contributed by atoms with E-state index in [2.05, 4.69) is 15.3 Å². The second-order valence-corrected chi connectivity index (χ2v) is 9.98. The second-order valence-electron chi connectivity index (χ2n) is 9.98. The zero-order valence-corrected chi connectivity index (χ0v) is 19.6. The largest absolute Gasteiger partial charge is 0.327 e. The third kappa shape index (κ3) is 3.89. The normalized spacial score (nSPS) is 23.8. The molecule has 2 aromatic carbocycles. The predicted octanol–water partition coefficient (Wildman–Crippen LogP) is 6.16. The smallest absolute Gasteiger partial charge is 0.227 e. The van der Waals surface area contributed by atoms with Crippen LogP contribution in [-0.4, -0.2) is 20.4 Å². The summed E-state index contributed by atoms with van der Waals surface area (Å²) < 4.78 is 29.3. The molecule has 5 atom stereocenters. The van der Waals surface area contributed by atoms with Crippen molar-refractivity contribution in [2.75, 3.05) is 5.32 Å². The van der Waals surface area contributed by atoms with E-state index in [1.54, 1.807) is 6.33 Å². The van der Waals surface area contributed by atoms with Crippen LogP contribution in [0.5, 0.6) is 0 Å². The highest BCUT2D eigenvalue weighted by molar-refractivity contribution is 5.93. The minimum Gasteiger partial charge on any atom is -0.327 e. The molecular weight excluding hydrogens is 446 g/mol. The van der Waals surface area contributed by atoms with Crippen molar-refractivity contribution in [3.8, 4) is 11.1 Å². The van der Waals surface area contributed by atoms with Gasteiger partial charge in [0.15, 0.2) is 11.6 Å². The minimum atomic E-state index is -0.876. The Labute approximate surface area is 202 Å². The third-order valence-corrected chi connectivity index (χ3v) is 7.88. The van der Waals surface area contributed by atoms with Crippen molar-refractivity contribution >= 4 is 22.6 Å². The van der Waals surface area contributed by atoms with Gasteiger partial charge in [0.2, 0.25) is 5.91 Å². The molecule has 0 bridgehead atoms. The molecule has 0 spiro atoms. The number of aromatic nitrogens is 3. The SMILES string of the molecule is Cc1ccc(-c2ccc(NC(=O)[C@@H](C)[C@H]3[C@@H]4C[C@@H](n5cnc6cc(F)c(F)cc65)C[C@@H]43)cc2)cn1. The Morgan fingerprint density at radius 3 is 2.37 bits per heavy atom. The first-order valence-corrected chi connectivity index (χ1v) is 12.0. The maximum absolute atomic E-state index is 13.8. The summed E-state index contributed by atoms with van der Waals surface area (Å²) in [5.74, 6) is -0.477. The molecule has 0 unspecified atom stereocenters. The summed E-state index contributed by atoms with van der Waals surface area (Å²) in [4.78, 5) is 21.6. The fraction of sp³-hybridized carbons (Fsp3) is 0.321. The van der Waals surface area contributed by atoms with Crippen molar-refractivity contribution in [3.63, 3.8) is 0 Å². The summed E-state index contributed by atoms with van der Waals surface area (Å²) in [6.07, 6.45) is 5.39. The number of aryl methyl sites for hydroxylation is 1. The van der Waals surface area contributed by atoms with E-state index in [9.17, 15) is 13.6 Å². The van der Waals surface area contributed by atoms with Gasteiger partial charge in [-0.05, 0) is 61.3 Å². The van der Waals surface area contributed by atoms with Crippen molar-refractivity contribution in [1.82, 2.24) is 14.5 Å². The van der Waals surface area contributed by atoms with E-state index < -0.39 is 11.6 Å². The molecular formula is C28H26F2N4O. The minimum absolute atomic E-state index is 0.0383. The summed E-state index contributed by atoms with van der Waals surface area (Å²) in [5.41, 5.74) is 4.96. The zero-order chi connectivity index (χ0) is 24.3. The van der Waals surface area contributed by atoms with Crippen molar-refractivity contribution < 1.29 is 13.6 Å². The van der Waals surface area contributed by atoms with Crippen LogP contribution in [0.3, 0.4) is 0 Å². The van der Waals surface area contributed by atoms with Gasteiger partial charge in [0, 0.05) is 47.2 Å². The number of fused-ring (bicyclic) bond motifs is 2.